The summed E-state index contributed by atoms with van der Waals surface area (Å²) in [4.78, 5) is 0. The Morgan fingerprint density at radius 1 is 1.15 bits per heavy atom. The van der Waals surface area contributed by atoms with Crippen LogP contribution >= 0.6 is 0 Å². The smallest absolute Gasteiger partial charge is 0.352 e. The first-order valence-corrected chi connectivity index (χ1v) is 11.4. The SMILES string of the molecule is CCC(C)O[C@]1(c2ccccc2)NCC(n2nnnc2C(F)(F)F)C[C@@H]1NCc1ccccc1. The Morgan fingerprint density at radius 2 is 1.82 bits per heavy atom. The minimum atomic E-state index is -4.64. The standard InChI is InChI=1S/C24H29F3N6O/c1-3-17(2)34-23(19-12-8-5-9-13-19)21(28-15-18-10-6-4-7-11-18)14-20(16-29-23)33-22(24(25,26)27)30-31-32-33/h4-13,17,20-21,28-29H,3,14-16H2,1-2H3/t17?,20?,21-,23-/m0/s1. The minimum absolute atomic E-state index is 0.0796. The van der Waals surface area contributed by atoms with Crippen molar-refractivity contribution in [3.05, 3.63) is 77.6 Å². The molecule has 1 saturated heterocycles. The molecule has 4 rings (SSSR count). The van der Waals surface area contributed by atoms with Gasteiger partial charge in [-0.25, -0.2) is 4.68 Å². The van der Waals surface area contributed by atoms with Crippen LogP contribution in [0.4, 0.5) is 13.2 Å². The molecule has 2 N–H and O–H groups in total. The molecule has 0 spiro atoms. The highest BCUT2D eigenvalue weighted by atomic mass is 19.4. The fraction of sp³-hybridized carbons (Fsp3) is 0.458. The maximum atomic E-state index is 13.5. The molecule has 34 heavy (non-hydrogen) atoms. The molecule has 1 aromatic heterocycles. The van der Waals surface area contributed by atoms with Crippen molar-refractivity contribution in [1.82, 2.24) is 30.8 Å². The van der Waals surface area contributed by atoms with E-state index in [1.807, 2.05) is 74.5 Å². The van der Waals surface area contributed by atoms with E-state index in [2.05, 4.69) is 26.2 Å². The van der Waals surface area contributed by atoms with E-state index in [1.165, 1.54) is 0 Å². The van der Waals surface area contributed by atoms with E-state index in [0.29, 0.717) is 13.0 Å². The molecule has 1 aliphatic heterocycles. The summed E-state index contributed by atoms with van der Waals surface area (Å²) in [5.41, 5.74) is 1.04. The summed E-state index contributed by atoms with van der Waals surface area (Å²) in [5, 5.41) is 17.2. The third kappa shape index (κ3) is 5.13. The van der Waals surface area contributed by atoms with Gasteiger partial charge in [0.25, 0.3) is 5.82 Å². The normalized spacial score (nSPS) is 24.1. The lowest BCUT2D eigenvalue weighted by Crippen LogP contribution is -2.64. The number of nitrogens with one attached hydrogen (secondary N) is 2. The number of hydrogen-bond donors (Lipinski definition) is 2. The van der Waals surface area contributed by atoms with Gasteiger partial charge in [0.15, 0.2) is 5.72 Å². The Labute approximate surface area is 196 Å². The topological polar surface area (TPSA) is 76.9 Å². The van der Waals surface area contributed by atoms with Crippen LogP contribution in [0.2, 0.25) is 0 Å². The fourth-order valence-electron chi connectivity index (χ4n) is 4.37. The van der Waals surface area contributed by atoms with Crippen LogP contribution in [-0.4, -0.2) is 38.9 Å². The first kappa shape index (κ1) is 24.3. The maximum Gasteiger partial charge on any atom is 0.453 e. The van der Waals surface area contributed by atoms with Gasteiger partial charge in [-0.2, -0.15) is 13.2 Å². The van der Waals surface area contributed by atoms with Crippen LogP contribution in [0.5, 0.6) is 0 Å². The lowest BCUT2D eigenvalue weighted by Gasteiger charge is -2.48. The molecule has 7 nitrogen and oxygen atoms in total. The summed E-state index contributed by atoms with van der Waals surface area (Å²) in [5.74, 6) is -1.10. The van der Waals surface area contributed by atoms with Crippen LogP contribution in [-0.2, 0) is 23.2 Å². The highest BCUT2D eigenvalue weighted by Crippen LogP contribution is 2.38. The zero-order chi connectivity index (χ0) is 24.2. The van der Waals surface area contributed by atoms with Gasteiger partial charge in [0.05, 0.1) is 18.2 Å². The number of rotatable bonds is 8. The van der Waals surface area contributed by atoms with Gasteiger partial charge in [0.1, 0.15) is 0 Å². The molecule has 1 fully saturated rings. The number of piperidine rings is 1. The predicted molar refractivity (Wildman–Crippen MR) is 121 cm³/mol. The molecule has 0 saturated carbocycles. The van der Waals surface area contributed by atoms with E-state index >= 15 is 0 Å². The molecular formula is C24H29F3N6O. The summed E-state index contributed by atoms with van der Waals surface area (Å²) in [6.07, 6.45) is -3.60. The first-order valence-electron chi connectivity index (χ1n) is 11.4. The second kappa shape index (κ2) is 10.2. The molecule has 2 aromatic carbocycles. The van der Waals surface area contributed by atoms with E-state index < -0.39 is 23.8 Å². The number of aromatic nitrogens is 4. The van der Waals surface area contributed by atoms with Crippen LogP contribution in [0.15, 0.2) is 60.7 Å². The van der Waals surface area contributed by atoms with Crippen LogP contribution in [0.25, 0.3) is 0 Å². The number of nitrogens with zero attached hydrogens (tertiary/aromatic N) is 4. The van der Waals surface area contributed by atoms with E-state index in [9.17, 15) is 13.2 Å². The molecular weight excluding hydrogens is 445 g/mol. The minimum Gasteiger partial charge on any atom is -0.352 e. The summed E-state index contributed by atoms with van der Waals surface area (Å²) in [6, 6.07) is 18.6. The molecule has 1 aliphatic rings. The number of benzene rings is 2. The van der Waals surface area contributed by atoms with Gasteiger partial charge in [-0.05, 0) is 35.8 Å². The van der Waals surface area contributed by atoms with Crippen molar-refractivity contribution >= 4 is 0 Å². The van der Waals surface area contributed by atoms with Gasteiger partial charge in [-0.1, -0.05) is 67.6 Å². The summed E-state index contributed by atoms with van der Waals surface area (Å²) in [7, 11) is 0. The van der Waals surface area contributed by atoms with Crippen molar-refractivity contribution in [3.63, 3.8) is 0 Å². The lowest BCUT2D eigenvalue weighted by molar-refractivity contribution is -0.160. The number of hydrogen-bond acceptors (Lipinski definition) is 6. The van der Waals surface area contributed by atoms with Crippen LogP contribution in [0, 0.1) is 0 Å². The number of alkyl halides is 3. The molecule has 3 aromatic rings. The van der Waals surface area contributed by atoms with Gasteiger partial charge < -0.3 is 10.1 Å². The van der Waals surface area contributed by atoms with Crippen molar-refractivity contribution in [1.29, 1.82) is 0 Å². The van der Waals surface area contributed by atoms with Gasteiger partial charge in [0.2, 0.25) is 0 Å². The van der Waals surface area contributed by atoms with E-state index in [0.717, 1.165) is 22.2 Å². The first-order chi connectivity index (χ1) is 16.3. The van der Waals surface area contributed by atoms with E-state index in [-0.39, 0.29) is 18.7 Å². The Morgan fingerprint density at radius 3 is 2.47 bits per heavy atom. The molecule has 2 unspecified atom stereocenters. The summed E-state index contributed by atoms with van der Waals surface area (Å²) < 4.78 is 48.0. The predicted octanol–water partition coefficient (Wildman–Crippen LogP) is 4.05. The van der Waals surface area contributed by atoms with Gasteiger partial charge in [0, 0.05) is 18.7 Å². The molecule has 4 atom stereocenters. The quantitative estimate of drug-likeness (QED) is 0.513. The van der Waals surface area contributed by atoms with Crippen LogP contribution < -0.4 is 10.6 Å². The number of tetrazole rings is 1. The van der Waals surface area contributed by atoms with E-state index in [4.69, 9.17) is 4.74 Å². The third-order valence-electron chi connectivity index (χ3n) is 6.25. The highest BCUT2D eigenvalue weighted by Gasteiger charge is 2.49. The van der Waals surface area contributed by atoms with E-state index in [1.54, 1.807) is 0 Å². The number of ether oxygens (including phenoxy) is 1. The fourth-order valence-corrected chi connectivity index (χ4v) is 4.37. The molecule has 182 valence electrons. The number of halogens is 3. The Kier molecular flexibility index (Phi) is 7.30. The van der Waals surface area contributed by atoms with Crippen molar-refractivity contribution in [2.75, 3.05) is 6.54 Å². The largest absolute Gasteiger partial charge is 0.453 e. The molecule has 2 heterocycles. The summed E-state index contributed by atoms with van der Waals surface area (Å²) in [6.45, 7) is 4.77. The monoisotopic (exact) mass is 474 g/mol. The molecule has 0 aliphatic carbocycles. The van der Waals surface area contributed by atoms with Gasteiger partial charge in [-0.3, -0.25) is 5.32 Å². The third-order valence-corrected chi connectivity index (χ3v) is 6.25. The van der Waals surface area contributed by atoms with Crippen molar-refractivity contribution in [2.24, 2.45) is 0 Å². The zero-order valence-corrected chi connectivity index (χ0v) is 19.2. The lowest BCUT2D eigenvalue weighted by atomic mass is 9.85. The Balaban J connectivity index is 1.70. The average molecular weight is 475 g/mol. The Hall–Kier alpha value is -2.82. The van der Waals surface area contributed by atoms with Crippen LogP contribution in [0.1, 0.15) is 49.7 Å². The van der Waals surface area contributed by atoms with Crippen molar-refractivity contribution < 1.29 is 17.9 Å². The second-order valence-corrected chi connectivity index (χ2v) is 8.57. The maximum absolute atomic E-state index is 13.5. The molecule has 0 bridgehead atoms. The second-order valence-electron chi connectivity index (χ2n) is 8.57. The highest BCUT2D eigenvalue weighted by molar-refractivity contribution is 5.26. The van der Waals surface area contributed by atoms with Crippen molar-refractivity contribution in [2.45, 2.75) is 63.3 Å². The molecule has 10 heteroatoms. The zero-order valence-electron chi connectivity index (χ0n) is 19.2. The van der Waals surface area contributed by atoms with Crippen LogP contribution in [0.3, 0.4) is 0 Å². The van der Waals surface area contributed by atoms with Gasteiger partial charge >= 0.3 is 6.18 Å². The van der Waals surface area contributed by atoms with Crippen molar-refractivity contribution in [3.8, 4) is 0 Å². The average Bonchev–Trinajstić information content (AvgIpc) is 3.35. The molecule has 0 radical (unpaired) electrons. The van der Waals surface area contributed by atoms with Gasteiger partial charge in [-0.15, -0.1) is 5.10 Å². The molecule has 0 amide bonds. The summed E-state index contributed by atoms with van der Waals surface area (Å²) >= 11 is 0. The Bertz CT molecular complexity index is 1050.